The van der Waals surface area contributed by atoms with Crippen molar-refractivity contribution in [2.24, 2.45) is 0 Å². The molecule has 0 aromatic heterocycles. The van der Waals surface area contributed by atoms with Crippen molar-refractivity contribution in [3.8, 4) is 0 Å². The van der Waals surface area contributed by atoms with Gasteiger partial charge in [-0.2, -0.15) is 0 Å². The quantitative estimate of drug-likeness (QED) is 0.330. The second-order valence-electron chi connectivity index (χ2n) is 5.49. The van der Waals surface area contributed by atoms with E-state index in [1.165, 1.54) is 0 Å². The first-order valence-electron chi connectivity index (χ1n) is 6.18. The number of hydrogen-bond donors (Lipinski definition) is 3. The summed E-state index contributed by atoms with van der Waals surface area (Å²) in [7, 11) is -4.60. The molecule has 0 spiro atoms. The summed E-state index contributed by atoms with van der Waals surface area (Å²) in [5.41, 5.74) is 3.13. The topological polar surface area (TPSA) is 153 Å². The fourth-order valence-corrected chi connectivity index (χ4v) is 4.95. The van der Waals surface area contributed by atoms with Crippen LogP contribution in [0, 0.1) is 0 Å². The van der Waals surface area contributed by atoms with Gasteiger partial charge in [0.2, 0.25) is 0 Å². The van der Waals surface area contributed by atoms with E-state index in [1.54, 1.807) is 11.4 Å². The van der Waals surface area contributed by atoms with Crippen molar-refractivity contribution >= 4 is 23.6 Å². The molecule has 21 heavy (non-hydrogen) atoms. The van der Waals surface area contributed by atoms with Crippen molar-refractivity contribution in [2.75, 3.05) is 12.4 Å². The fourth-order valence-electron chi connectivity index (χ4n) is 1.93. The normalized spacial score (nSPS) is 32.3. The average Bonchev–Trinajstić information content (AvgIpc) is 2.50. The molecule has 0 saturated carbocycles. The number of hydrogen-bond acceptors (Lipinski definition) is 9. The first-order chi connectivity index (χ1) is 9.39. The fraction of sp³-hybridized carbons (Fsp3) is 1.00. The Bertz CT molecular complexity index is 487. The molecule has 0 radical (unpaired) electrons. The Kier molecular flexibility index (Phi) is 6.46. The second-order valence-corrected chi connectivity index (χ2v) is 14.3. The minimum absolute atomic E-state index is 0.105. The van der Waals surface area contributed by atoms with Gasteiger partial charge in [-0.3, -0.25) is 0 Å². The van der Waals surface area contributed by atoms with Crippen LogP contribution in [0.15, 0.2) is 0 Å². The summed E-state index contributed by atoms with van der Waals surface area (Å²) in [4.78, 5) is 0. The van der Waals surface area contributed by atoms with Gasteiger partial charge in [0.25, 0.3) is 0 Å². The molecule has 1 heterocycles. The molecule has 1 aliphatic heterocycles. The van der Waals surface area contributed by atoms with Crippen molar-refractivity contribution < 1.29 is 41.5 Å². The summed E-state index contributed by atoms with van der Waals surface area (Å²) in [6.07, 6.45) is -6.40. The van der Waals surface area contributed by atoms with Crippen molar-refractivity contribution in [1.82, 2.24) is 0 Å². The number of aliphatic hydroxyl groups excluding tert-OH is 3. The molecule has 1 unspecified atom stereocenters. The van der Waals surface area contributed by atoms with E-state index in [2.05, 4.69) is 0 Å². The Balaban J connectivity index is 2.52. The summed E-state index contributed by atoms with van der Waals surface area (Å²) in [5.74, 6) is -1.02. The molecule has 0 amide bonds. The van der Waals surface area contributed by atoms with Crippen LogP contribution in [0.4, 0.5) is 0 Å². The van der Waals surface area contributed by atoms with Crippen molar-refractivity contribution in [2.45, 2.75) is 47.3 Å². The van der Waals surface area contributed by atoms with Gasteiger partial charge in [0.05, 0.1) is 0 Å². The molecular weight excluding hydrogens is 371 g/mol. The van der Waals surface area contributed by atoms with Gasteiger partial charge < -0.3 is 0 Å². The van der Waals surface area contributed by atoms with Crippen LogP contribution in [0.1, 0.15) is 0 Å². The zero-order chi connectivity index (χ0) is 16.4. The molecule has 1 fully saturated rings. The number of aliphatic hydroxyl groups is 3. The molecule has 0 aromatic rings. The third kappa shape index (κ3) is 6.79. The van der Waals surface area contributed by atoms with Gasteiger partial charge in [0.1, 0.15) is 0 Å². The Morgan fingerprint density at radius 3 is 2.38 bits per heavy atom. The van der Waals surface area contributed by atoms with Gasteiger partial charge in [0.15, 0.2) is 0 Å². The summed E-state index contributed by atoms with van der Waals surface area (Å²) in [6, 6.07) is 0. The van der Waals surface area contributed by atoms with E-state index >= 15 is 0 Å². The van der Waals surface area contributed by atoms with Crippen LogP contribution in [-0.2, 0) is 23.3 Å². The average molecular weight is 391 g/mol. The molecule has 5 atom stereocenters. The predicted molar refractivity (Wildman–Crippen MR) is 70.2 cm³/mol. The summed E-state index contributed by atoms with van der Waals surface area (Å²) >= 11 is -3.10. The third-order valence-electron chi connectivity index (χ3n) is 2.79. The molecule has 11 heteroatoms. The molecule has 9 nitrogen and oxygen atoms in total. The molecule has 0 aliphatic carbocycles. The molecule has 0 aromatic carbocycles. The third-order valence-corrected chi connectivity index (χ3v) is 6.18. The zero-order valence-electron chi connectivity index (χ0n) is 11.7. The number of ether oxygens (including phenoxy) is 2. The van der Waals surface area contributed by atoms with E-state index in [9.17, 15) is 32.0 Å². The van der Waals surface area contributed by atoms with Crippen LogP contribution in [-0.4, -0.2) is 84.8 Å². The monoisotopic (exact) mass is 391 g/mol. The van der Waals surface area contributed by atoms with E-state index in [-0.39, 0.29) is 5.21 Å². The van der Waals surface area contributed by atoms with Crippen molar-refractivity contribution in [1.29, 1.82) is 0 Å². The molecular formula is C10H20AsO9S-. The van der Waals surface area contributed by atoms with Crippen LogP contribution in [0.2, 0.25) is 16.6 Å². The van der Waals surface area contributed by atoms with Crippen LogP contribution < -0.4 is 0 Å². The molecule has 126 valence electrons. The van der Waals surface area contributed by atoms with Crippen LogP contribution in [0.5, 0.6) is 0 Å². The Morgan fingerprint density at radius 1 is 1.33 bits per heavy atom. The Morgan fingerprint density at radius 2 is 1.90 bits per heavy atom. The maximum absolute atomic E-state index is 11.8. The van der Waals surface area contributed by atoms with Gasteiger partial charge in [0, 0.05) is 0 Å². The standard InChI is InChI=1S/C10H21AsO9S/c1-11(2,15)3-7-8(13)9(14)10(20-7)19-4-6(12)5-21(16,17)18/h6-10,12-14H,3-5H2,1-2H3,(H,16,17,18)/p-1/t6?,7-,8-,9-,10-/m1/s1. The SMILES string of the molecule is C[As](C)(=O)C[C@H]1O[C@@H](OCC(O)CS(=O)(=O)[O-])[C@H](O)[C@@H]1O. The van der Waals surface area contributed by atoms with E-state index < -0.39 is 66.7 Å². The van der Waals surface area contributed by atoms with Crippen LogP contribution in [0.3, 0.4) is 0 Å². The first kappa shape index (κ1) is 19.1. The van der Waals surface area contributed by atoms with Crippen LogP contribution >= 0.6 is 0 Å². The van der Waals surface area contributed by atoms with Crippen LogP contribution in [0.25, 0.3) is 0 Å². The second kappa shape index (κ2) is 7.10. The van der Waals surface area contributed by atoms with Gasteiger partial charge in [-0.1, -0.05) is 0 Å². The van der Waals surface area contributed by atoms with Gasteiger partial charge in [-0.05, 0) is 0 Å². The van der Waals surface area contributed by atoms with Gasteiger partial charge >= 0.3 is 125 Å². The van der Waals surface area contributed by atoms with Gasteiger partial charge in [-0.15, -0.1) is 0 Å². The Hall–Kier alpha value is 0.0684. The summed E-state index contributed by atoms with van der Waals surface area (Å²) < 4.78 is 53.3. The van der Waals surface area contributed by atoms with Gasteiger partial charge in [-0.25, -0.2) is 0 Å². The first-order valence-corrected chi connectivity index (χ1v) is 13.6. The summed E-state index contributed by atoms with van der Waals surface area (Å²) in [5, 5.41) is 28.9. The molecule has 3 N–H and O–H groups in total. The van der Waals surface area contributed by atoms with Crippen molar-refractivity contribution in [3.05, 3.63) is 0 Å². The van der Waals surface area contributed by atoms with E-state index in [1.807, 2.05) is 0 Å². The predicted octanol–water partition coefficient (Wildman–Crippen LogP) is -2.01. The zero-order valence-corrected chi connectivity index (χ0v) is 14.3. The van der Waals surface area contributed by atoms with E-state index in [0.29, 0.717) is 0 Å². The van der Waals surface area contributed by atoms with E-state index in [0.717, 1.165) is 0 Å². The minimum atomic E-state index is -4.60. The molecule has 1 aliphatic rings. The van der Waals surface area contributed by atoms with Crippen molar-refractivity contribution in [3.63, 3.8) is 0 Å². The number of rotatable bonds is 7. The Labute approximate surface area is 125 Å². The maximum atomic E-state index is 11.8. The molecule has 1 saturated heterocycles. The summed E-state index contributed by atoms with van der Waals surface area (Å²) in [6.45, 7) is -0.552. The van der Waals surface area contributed by atoms with E-state index in [4.69, 9.17) is 9.47 Å². The molecule has 1 rings (SSSR count). The molecule has 0 bridgehead atoms.